The molecule has 0 amide bonds. The van der Waals surface area contributed by atoms with Crippen LogP contribution in [-0.2, 0) is 0 Å². The van der Waals surface area contributed by atoms with Crippen LogP contribution in [0.3, 0.4) is 0 Å². The Labute approximate surface area is 174 Å². The average Bonchev–Trinajstić information content (AvgIpc) is 3.00. The highest BCUT2D eigenvalue weighted by Gasteiger charge is 2.34. The zero-order chi connectivity index (χ0) is 18.1. The molecule has 0 spiro atoms. The number of alkyl halides is 3. The molecule has 1 atom stereocenters. The highest BCUT2D eigenvalue weighted by atomic mass is 127. The standard InChI is InChI=1S/C17H25F3N4S.HI/c1-21-16(22-8-10-25-15-5-3-2-4-6-15)23-11-14-7-9-24(12-14)13-17(18,19)20;/h2-6,14H,7-13H2,1H3,(H2,21,22,23);1H. The van der Waals surface area contributed by atoms with Crippen molar-refractivity contribution in [1.29, 1.82) is 0 Å². The molecule has 0 bridgehead atoms. The highest BCUT2D eigenvalue weighted by Crippen LogP contribution is 2.22. The molecule has 148 valence electrons. The Kier molecular flexibility index (Phi) is 10.7. The van der Waals surface area contributed by atoms with Crippen molar-refractivity contribution in [3.8, 4) is 0 Å². The molecule has 1 aliphatic heterocycles. The van der Waals surface area contributed by atoms with Gasteiger partial charge in [0.1, 0.15) is 0 Å². The van der Waals surface area contributed by atoms with Gasteiger partial charge < -0.3 is 10.6 Å². The third-order valence-corrected chi connectivity index (χ3v) is 4.97. The summed E-state index contributed by atoms with van der Waals surface area (Å²) in [5, 5.41) is 6.45. The number of thioether (sulfide) groups is 1. The monoisotopic (exact) mass is 502 g/mol. The normalized spacial score (nSPS) is 18.5. The predicted octanol–water partition coefficient (Wildman–Crippen LogP) is 3.45. The molecule has 0 aromatic heterocycles. The van der Waals surface area contributed by atoms with E-state index in [9.17, 15) is 13.2 Å². The minimum atomic E-state index is -4.11. The first-order chi connectivity index (χ1) is 12.0. The molecule has 9 heteroatoms. The second-order valence-corrected chi connectivity index (χ2v) is 7.21. The fraction of sp³-hybridized carbons (Fsp3) is 0.588. The minimum absolute atomic E-state index is 0. The summed E-state index contributed by atoms with van der Waals surface area (Å²) in [7, 11) is 1.70. The Morgan fingerprint density at radius 1 is 1.27 bits per heavy atom. The van der Waals surface area contributed by atoms with Crippen LogP contribution in [0.15, 0.2) is 40.2 Å². The first-order valence-electron chi connectivity index (χ1n) is 8.38. The van der Waals surface area contributed by atoms with Crippen LogP contribution >= 0.6 is 35.7 Å². The minimum Gasteiger partial charge on any atom is -0.356 e. The van der Waals surface area contributed by atoms with Crippen molar-refractivity contribution in [1.82, 2.24) is 15.5 Å². The van der Waals surface area contributed by atoms with Crippen molar-refractivity contribution in [2.45, 2.75) is 17.5 Å². The SMILES string of the molecule is CN=C(NCCSc1ccccc1)NCC1CCN(CC(F)(F)F)C1.I. The van der Waals surface area contributed by atoms with Crippen LogP contribution in [-0.4, -0.2) is 62.6 Å². The van der Waals surface area contributed by atoms with E-state index in [4.69, 9.17) is 0 Å². The van der Waals surface area contributed by atoms with Crippen molar-refractivity contribution >= 4 is 41.7 Å². The van der Waals surface area contributed by atoms with E-state index in [2.05, 4.69) is 27.8 Å². The lowest BCUT2D eigenvalue weighted by atomic mass is 10.1. The molecular formula is C17H26F3IN4S. The van der Waals surface area contributed by atoms with E-state index in [0.29, 0.717) is 25.6 Å². The Hall–Kier alpha value is -0.680. The zero-order valence-electron chi connectivity index (χ0n) is 14.8. The van der Waals surface area contributed by atoms with Gasteiger partial charge in [0.05, 0.1) is 6.54 Å². The molecule has 2 rings (SSSR count). The molecule has 1 fully saturated rings. The van der Waals surface area contributed by atoms with Gasteiger partial charge in [-0.3, -0.25) is 9.89 Å². The topological polar surface area (TPSA) is 39.7 Å². The Bertz CT molecular complexity index is 543. The van der Waals surface area contributed by atoms with E-state index in [1.807, 2.05) is 18.2 Å². The maximum Gasteiger partial charge on any atom is 0.401 e. The van der Waals surface area contributed by atoms with Gasteiger partial charge in [-0.25, -0.2) is 0 Å². The molecule has 4 nitrogen and oxygen atoms in total. The van der Waals surface area contributed by atoms with E-state index in [-0.39, 0.29) is 29.9 Å². The van der Waals surface area contributed by atoms with Crippen LogP contribution in [0.2, 0.25) is 0 Å². The van der Waals surface area contributed by atoms with E-state index >= 15 is 0 Å². The molecule has 2 N–H and O–H groups in total. The van der Waals surface area contributed by atoms with Gasteiger partial charge in [-0.1, -0.05) is 18.2 Å². The second-order valence-electron chi connectivity index (χ2n) is 6.05. The fourth-order valence-electron chi connectivity index (χ4n) is 2.79. The van der Waals surface area contributed by atoms with Gasteiger partial charge in [0.2, 0.25) is 0 Å². The lowest BCUT2D eigenvalue weighted by Gasteiger charge is -2.18. The number of benzene rings is 1. The summed E-state index contributed by atoms with van der Waals surface area (Å²) in [5.41, 5.74) is 0. The second kappa shape index (κ2) is 11.9. The molecule has 1 heterocycles. The number of nitrogens with one attached hydrogen (secondary N) is 2. The van der Waals surface area contributed by atoms with Gasteiger partial charge in [-0.05, 0) is 31.0 Å². The van der Waals surface area contributed by atoms with E-state index in [0.717, 1.165) is 18.7 Å². The quantitative estimate of drug-likeness (QED) is 0.197. The van der Waals surface area contributed by atoms with E-state index < -0.39 is 12.7 Å². The number of rotatable bonds is 7. The lowest BCUT2D eigenvalue weighted by Crippen LogP contribution is -2.41. The number of guanidine groups is 1. The van der Waals surface area contributed by atoms with Crippen molar-refractivity contribution in [2.24, 2.45) is 10.9 Å². The number of halogens is 4. The van der Waals surface area contributed by atoms with Crippen molar-refractivity contribution in [2.75, 3.05) is 45.5 Å². The van der Waals surface area contributed by atoms with Gasteiger partial charge in [-0.15, -0.1) is 35.7 Å². The Morgan fingerprint density at radius 3 is 2.65 bits per heavy atom. The summed E-state index contributed by atoms with van der Waals surface area (Å²) in [5.74, 6) is 1.83. The van der Waals surface area contributed by atoms with Crippen LogP contribution < -0.4 is 10.6 Å². The third kappa shape index (κ3) is 9.31. The maximum atomic E-state index is 12.4. The number of nitrogens with zero attached hydrogens (tertiary/aromatic N) is 2. The van der Waals surface area contributed by atoms with Crippen molar-refractivity contribution in [3.05, 3.63) is 30.3 Å². The van der Waals surface area contributed by atoms with Gasteiger partial charge in [0.15, 0.2) is 5.96 Å². The first kappa shape index (κ1) is 23.4. The summed E-state index contributed by atoms with van der Waals surface area (Å²) in [6.07, 6.45) is -3.33. The lowest BCUT2D eigenvalue weighted by molar-refractivity contribution is -0.143. The smallest absolute Gasteiger partial charge is 0.356 e. The molecule has 1 aromatic carbocycles. The molecule has 1 unspecified atom stereocenters. The van der Waals surface area contributed by atoms with Crippen LogP contribution in [0.1, 0.15) is 6.42 Å². The average molecular weight is 502 g/mol. The molecular weight excluding hydrogens is 476 g/mol. The zero-order valence-corrected chi connectivity index (χ0v) is 17.9. The Balaban J connectivity index is 0.00000338. The molecule has 0 radical (unpaired) electrons. The molecule has 1 saturated heterocycles. The van der Waals surface area contributed by atoms with E-state index in [1.165, 1.54) is 9.80 Å². The maximum absolute atomic E-state index is 12.4. The van der Waals surface area contributed by atoms with E-state index in [1.54, 1.807) is 18.8 Å². The summed E-state index contributed by atoms with van der Waals surface area (Å²) < 4.78 is 37.2. The number of hydrogen-bond donors (Lipinski definition) is 2. The number of aliphatic imine (C=N–C) groups is 1. The summed E-state index contributed by atoms with van der Waals surface area (Å²) in [6.45, 7) is 1.58. The molecule has 0 aliphatic carbocycles. The Morgan fingerprint density at radius 2 is 2.00 bits per heavy atom. The van der Waals surface area contributed by atoms with Crippen LogP contribution in [0.4, 0.5) is 13.2 Å². The fourth-order valence-corrected chi connectivity index (χ4v) is 3.58. The van der Waals surface area contributed by atoms with Gasteiger partial charge >= 0.3 is 6.18 Å². The molecule has 1 aromatic rings. The predicted molar refractivity (Wildman–Crippen MR) is 113 cm³/mol. The molecule has 1 aliphatic rings. The van der Waals surface area contributed by atoms with Crippen molar-refractivity contribution < 1.29 is 13.2 Å². The third-order valence-electron chi connectivity index (χ3n) is 3.96. The first-order valence-corrected chi connectivity index (χ1v) is 9.36. The number of hydrogen-bond acceptors (Lipinski definition) is 3. The van der Waals surface area contributed by atoms with Crippen LogP contribution in [0.5, 0.6) is 0 Å². The summed E-state index contributed by atoms with van der Waals surface area (Å²) >= 11 is 1.76. The van der Waals surface area contributed by atoms with Crippen LogP contribution in [0, 0.1) is 5.92 Å². The highest BCUT2D eigenvalue weighted by molar-refractivity contribution is 14.0. The van der Waals surface area contributed by atoms with Gasteiger partial charge in [-0.2, -0.15) is 13.2 Å². The van der Waals surface area contributed by atoms with Gasteiger partial charge in [0, 0.05) is 37.3 Å². The van der Waals surface area contributed by atoms with Crippen LogP contribution in [0.25, 0.3) is 0 Å². The summed E-state index contributed by atoms with van der Waals surface area (Å²) in [6, 6.07) is 10.2. The van der Waals surface area contributed by atoms with Crippen molar-refractivity contribution in [3.63, 3.8) is 0 Å². The largest absolute Gasteiger partial charge is 0.401 e. The molecule has 0 saturated carbocycles. The number of likely N-dealkylation sites (tertiary alicyclic amines) is 1. The van der Waals surface area contributed by atoms with Gasteiger partial charge in [0.25, 0.3) is 0 Å². The molecule has 26 heavy (non-hydrogen) atoms. The summed E-state index contributed by atoms with van der Waals surface area (Å²) in [4.78, 5) is 6.86.